The van der Waals surface area contributed by atoms with Gasteiger partial charge in [0.05, 0.1) is 11.3 Å². The lowest BCUT2D eigenvalue weighted by atomic mass is 10.0. The maximum absolute atomic E-state index is 13.4. The molecule has 0 aliphatic rings. The Bertz CT molecular complexity index is 972. The molecular formula is C27H37FN4O2. The first kappa shape index (κ1) is 28.6. The van der Waals surface area contributed by atoms with E-state index in [1.54, 1.807) is 24.5 Å². The zero-order chi connectivity index (χ0) is 25.3. The van der Waals surface area contributed by atoms with Crippen LogP contribution < -0.4 is 5.73 Å². The minimum Gasteiger partial charge on any atom is -0.495 e. The molecule has 1 heterocycles. The summed E-state index contributed by atoms with van der Waals surface area (Å²) in [6.07, 6.45) is 10.4. The predicted molar refractivity (Wildman–Crippen MR) is 137 cm³/mol. The topological polar surface area (TPSA) is 81.3 Å². The Kier molecular flexibility index (Phi) is 13.6. The number of carbonyl (C=O) groups is 1. The van der Waals surface area contributed by atoms with E-state index in [4.69, 9.17) is 10.5 Å². The molecule has 0 radical (unpaired) electrons. The molecule has 2 N–H and O–H groups in total. The van der Waals surface area contributed by atoms with E-state index in [-0.39, 0.29) is 12.5 Å². The number of rotatable bonds is 11. The van der Waals surface area contributed by atoms with Crippen molar-refractivity contribution in [3.05, 3.63) is 83.8 Å². The van der Waals surface area contributed by atoms with Crippen molar-refractivity contribution in [1.82, 2.24) is 14.9 Å². The predicted octanol–water partition coefficient (Wildman–Crippen LogP) is 5.97. The second-order valence-electron chi connectivity index (χ2n) is 7.28. The van der Waals surface area contributed by atoms with Gasteiger partial charge in [-0.1, -0.05) is 38.5 Å². The van der Waals surface area contributed by atoms with E-state index in [1.165, 1.54) is 6.08 Å². The van der Waals surface area contributed by atoms with Gasteiger partial charge in [-0.25, -0.2) is 14.4 Å². The summed E-state index contributed by atoms with van der Waals surface area (Å²) in [4.78, 5) is 23.9. The number of aryl methyl sites for hydroxylation is 1. The number of hydrogen-bond donors (Lipinski definition) is 1. The minimum absolute atomic E-state index is 0.0445. The zero-order valence-corrected chi connectivity index (χ0v) is 20.9. The number of benzene rings is 1. The van der Waals surface area contributed by atoms with E-state index in [9.17, 15) is 9.18 Å². The Labute approximate surface area is 203 Å². The molecule has 2 aromatic rings. The van der Waals surface area contributed by atoms with Gasteiger partial charge in [0, 0.05) is 37.2 Å². The maximum Gasteiger partial charge on any atom is 0.254 e. The standard InChI is InChI=1S/C25H31FN4O2.C2H6/c1-4-14-30(15-5-8-20(3)32-16-6-9-21(26)18-27)25(31)23-17-19(2)10-11-22(23)24-28-12-7-13-29-24;1-2/h6-13,17-18H,4-5,14-16,27H2,1-3H3;1-2H3/b9-6-,20-8?,21-18+;. The van der Waals surface area contributed by atoms with Crippen LogP contribution in [-0.4, -0.2) is 40.5 Å². The molecule has 0 saturated carbocycles. The molecule has 1 amide bonds. The number of carbonyl (C=O) groups excluding carboxylic acids is 1. The number of aromatic nitrogens is 2. The van der Waals surface area contributed by atoms with Crippen LogP contribution in [0.3, 0.4) is 0 Å². The Morgan fingerprint density at radius 3 is 2.56 bits per heavy atom. The van der Waals surface area contributed by atoms with Crippen molar-refractivity contribution < 1.29 is 13.9 Å². The SMILES string of the molecule is CC.CCCN(CCC=C(C)OC/C=C\C(F)=C/N)C(=O)c1cc(C)ccc1-c1ncccn1. The molecule has 0 spiro atoms. The van der Waals surface area contributed by atoms with Gasteiger partial charge in [0.25, 0.3) is 5.91 Å². The van der Waals surface area contributed by atoms with Gasteiger partial charge >= 0.3 is 0 Å². The normalized spacial score (nSPS) is 11.7. The Balaban J connectivity index is 0.00000281. The fraction of sp³-hybridized carbons (Fsp3) is 0.370. The van der Waals surface area contributed by atoms with E-state index in [1.807, 2.05) is 63.8 Å². The summed E-state index contributed by atoms with van der Waals surface area (Å²) in [5.41, 5.74) is 7.40. The average Bonchev–Trinajstić information content (AvgIpc) is 2.87. The molecule has 34 heavy (non-hydrogen) atoms. The summed E-state index contributed by atoms with van der Waals surface area (Å²) in [7, 11) is 0. The molecule has 7 heteroatoms. The lowest BCUT2D eigenvalue weighted by Crippen LogP contribution is -2.33. The summed E-state index contributed by atoms with van der Waals surface area (Å²) >= 11 is 0. The van der Waals surface area contributed by atoms with Gasteiger partial charge < -0.3 is 15.4 Å². The van der Waals surface area contributed by atoms with E-state index >= 15 is 0 Å². The number of nitrogens with two attached hydrogens (primary N) is 1. The largest absolute Gasteiger partial charge is 0.495 e. The van der Waals surface area contributed by atoms with Crippen LogP contribution in [0.2, 0.25) is 0 Å². The number of hydrogen-bond acceptors (Lipinski definition) is 5. The Morgan fingerprint density at radius 2 is 1.91 bits per heavy atom. The number of halogens is 1. The van der Waals surface area contributed by atoms with Crippen molar-refractivity contribution in [1.29, 1.82) is 0 Å². The molecule has 0 saturated heterocycles. The number of amides is 1. The van der Waals surface area contributed by atoms with Crippen LogP contribution >= 0.6 is 0 Å². The van der Waals surface area contributed by atoms with Crippen molar-refractivity contribution in [2.75, 3.05) is 19.7 Å². The van der Waals surface area contributed by atoms with Gasteiger partial charge in [0.2, 0.25) is 0 Å². The fourth-order valence-electron chi connectivity index (χ4n) is 3.10. The first-order chi connectivity index (χ1) is 16.5. The minimum atomic E-state index is -0.514. The van der Waals surface area contributed by atoms with Crippen LogP contribution in [0.4, 0.5) is 4.39 Å². The summed E-state index contributed by atoms with van der Waals surface area (Å²) in [6, 6.07) is 7.50. The van der Waals surface area contributed by atoms with E-state index < -0.39 is 5.83 Å². The zero-order valence-electron chi connectivity index (χ0n) is 20.9. The van der Waals surface area contributed by atoms with E-state index in [2.05, 4.69) is 9.97 Å². The molecule has 0 aliphatic heterocycles. The molecule has 184 valence electrons. The first-order valence-electron chi connectivity index (χ1n) is 11.7. The van der Waals surface area contributed by atoms with E-state index in [0.717, 1.165) is 23.7 Å². The van der Waals surface area contributed by atoms with Gasteiger partial charge in [-0.3, -0.25) is 4.79 Å². The number of nitrogens with zero attached hydrogens (tertiary/aromatic N) is 3. The Morgan fingerprint density at radius 1 is 1.21 bits per heavy atom. The van der Waals surface area contributed by atoms with Crippen LogP contribution in [0.5, 0.6) is 0 Å². The molecule has 6 nitrogen and oxygen atoms in total. The molecular weight excluding hydrogens is 431 g/mol. The highest BCUT2D eigenvalue weighted by Gasteiger charge is 2.20. The van der Waals surface area contributed by atoms with E-state index in [0.29, 0.717) is 36.7 Å². The van der Waals surface area contributed by atoms with Crippen LogP contribution in [0, 0.1) is 6.92 Å². The number of allylic oxidation sites excluding steroid dienone is 3. The van der Waals surface area contributed by atoms with Gasteiger partial charge in [-0.2, -0.15) is 0 Å². The van der Waals surface area contributed by atoms with Crippen LogP contribution in [0.15, 0.2) is 72.7 Å². The third kappa shape index (κ3) is 9.57. The highest BCUT2D eigenvalue weighted by molar-refractivity contribution is 6.00. The molecule has 2 rings (SSSR count). The summed E-state index contributed by atoms with van der Waals surface area (Å²) in [5, 5.41) is 0. The second-order valence-corrected chi connectivity index (χ2v) is 7.28. The number of ether oxygens (including phenoxy) is 1. The molecule has 1 aromatic carbocycles. The van der Waals surface area contributed by atoms with Gasteiger partial charge in [0.15, 0.2) is 5.82 Å². The van der Waals surface area contributed by atoms with Crippen LogP contribution in [-0.2, 0) is 4.74 Å². The summed E-state index contributed by atoms with van der Waals surface area (Å²) in [6.45, 7) is 11.3. The smallest absolute Gasteiger partial charge is 0.254 e. The van der Waals surface area contributed by atoms with Gasteiger partial charge in [-0.05, 0) is 57.0 Å². The monoisotopic (exact) mass is 468 g/mol. The van der Waals surface area contributed by atoms with Crippen LogP contribution in [0.25, 0.3) is 11.4 Å². The molecule has 0 unspecified atom stereocenters. The molecule has 0 atom stereocenters. The average molecular weight is 469 g/mol. The maximum atomic E-state index is 13.4. The van der Waals surface area contributed by atoms with Crippen molar-refractivity contribution >= 4 is 5.91 Å². The third-order valence-corrected chi connectivity index (χ3v) is 4.67. The molecule has 0 bridgehead atoms. The molecule has 0 aliphatic carbocycles. The molecule has 1 aromatic heterocycles. The third-order valence-electron chi connectivity index (χ3n) is 4.67. The highest BCUT2D eigenvalue weighted by atomic mass is 19.1. The summed E-state index contributed by atoms with van der Waals surface area (Å²) < 4.78 is 18.5. The van der Waals surface area contributed by atoms with Crippen molar-refractivity contribution in [2.24, 2.45) is 5.73 Å². The second kappa shape index (κ2) is 16.2. The molecule has 0 fully saturated rings. The van der Waals surface area contributed by atoms with Crippen LogP contribution in [0.1, 0.15) is 56.5 Å². The van der Waals surface area contributed by atoms with Gasteiger partial charge in [-0.15, -0.1) is 0 Å². The Hall–Kier alpha value is -3.48. The lowest BCUT2D eigenvalue weighted by Gasteiger charge is -2.23. The fourth-order valence-corrected chi connectivity index (χ4v) is 3.10. The quantitative estimate of drug-likeness (QED) is 0.325. The lowest BCUT2D eigenvalue weighted by molar-refractivity contribution is 0.0758. The summed E-state index contributed by atoms with van der Waals surface area (Å²) in [5.74, 6) is 0.687. The van der Waals surface area contributed by atoms with Crippen molar-refractivity contribution in [2.45, 2.75) is 47.5 Å². The van der Waals surface area contributed by atoms with Crippen molar-refractivity contribution in [3.63, 3.8) is 0 Å². The highest BCUT2D eigenvalue weighted by Crippen LogP contribution is 2.23. The van der Waals surface area contributed by atoms with Gasteiger partial charge in [0.1, 0.15) is 12.4 Å². The first-order valence-corrected chi connectivity index (χ1v) is 11.7. The van der Waals surface area contributed by atoms with Crippen molar-refractivity contribution in [3.8, 4) is 11.4 Å².